The molecule has 0 saturated carbocycles. The summed E-state index contributed by atoms with van der Waals surface area (Å²) in [6.07, 6.45) is 18.8. The predicted molar refractivity (Wildman–Crippen MR) is 251 cm³/mol. The third-order valence-electron chi connectivity index (χ3n) is 5.13. The van der Waals surface area contributed by atoms with Crippen LogP contribution in [0.1, 0.15) is 33.4 Å². The number of H-pyrrole nitrogens is 1. The van der Waals surface area contributed by atoms with Gasteiger partial charge in [0, 0.05) is 54.3 Å². The van der Waals surface area contributed by atoms with Crippen molar-refractivity contribution in [2.75, 3.05) is 17.2 Å². The summed E-state index contributed by atoms with van der Waals surface area (Å²) in [5.74, 6) is 6.91. The fourth-order valence-electron chi connectivity index (χ4n) is 2.71. The summed E-state index contributed by atoms with van der Waals surface area (Å²) in [5.41, 5.74) is 24.9. The Hall–Kier alpha value is -2.95. The molecule has 0 radical (unpaired) electrons. The second kappa shape index (κ2) is 25.9. The number of hydrogen-bond acceptors (Lipinski definition) is 7. The van der Waals surface area contributed by atoms with Crippen LogP contribution in [0, 0.1) is 35.8 Å². The second-order valence-corrected chi connectivity index (χ2v) is 25.9. The van der Waals surface area contributed by atoms with E-state index in [2.05, 4.69) is 167 Å². The summed E-state index contributed by atoms with van der Waals surface area (Å²) in [6.45, 7) is 13.0. The molecule has 5 aromatic rings. The number of hydrogen-bond donors (Lipinski definition) is 4. The molecule has 0 aliphatic carbocycles. The SMILES string of the molecule is Brc1cnc2[nH]ccc2c1.C.C.C.C#C[Si](C)(C)C.C#Cc1cc(Br)cnc1N.C[Si](C)(C)C#Cc1cc(Br)cnc1N.Nc1ncc(Br)cc1Br. The van der Waals surface area contributed by atoms with Crippen LogP contribution in [0.25, 0.3) is 11.0 Å². The number of nitrogens with one attached hydrogen (secondary N) is 1. The molecule has 0 fully saturated rings. The molecule has 0 aliphatic heterocycles. The minimum absolute atomic E-state index is 0. The molecule has 52 heavy (non-hydrogen) atoms. The monoisotopic (exact) mass is 1060 g/mol. The van der Waals surface area contributed by atoms with Crippen molar-refractivity contribution < 1.29 is 0 Å². The third kappa shape index (κ3) is 22.9. The van der Waals surface area contributed by atoms with Crippen molar-refractivity contribution in [3.05, 3.63) is 94.8 Å². The number of aromatic amines is 1. The number of nitrogens with zero attached hydrogens (tertiary/aromatic N) is 4. The zero-order valence-corrected chi connectivity index (χ0v) is 37.8. The summed E-state index contributed by atoms with van der Waals surface area (Å²) >= 11 is 16.4. The van der Waals surface area contributed by atoms with Crippen molar-refractivity contribution in [1.29, 1.82) is 0 Å². The largest absolute Gasteiger partial charge is 0.383 e. The van der Waals surface area contributed by atoms with Crippen LogP contribution in [0.2, 0.25) is 39.3 Å². The van der Waals surface area contributed by atoms with E-state index >= 15 is 0 Å². The maximum atomic E-state index is 5.70. The lowest BCUT2D eigenvalue weighted by Crippen LogP contribution is -2.16. The van der Waals surface area contributed by atoms with Crippen LogP contribution >= 0.6 is 79.6 Å². The number of aromatic nitrogens is 5. The van der Waals surface area contributed by atoms with E-state index in [1.54, 1.807) is 30.9 Å². The molecule has 15 heteroatoms. The highest BCUT2D eigenvalue weighted by molar-refractivity contribution is 9.11. The molecule has 280 valence electrons. The molecule has 0 spiro atoms. The normalized spacial score (nSPS) is 9.40. The summed E-state index contributed by atoms with van der Waals surface area (Å²) in [5, 5.41) is 1.13. The first-order valence-electron chi connectivity index (χ1n) is 14.2. The van der Waals surface area contributed by atoms with Gasteiger partial charge < -0.3 is 22.2 Å². The van der Waals surface area contributed by atoms with Crippen LogP contribution in [0.3, 0.4) is 0 Å². The lowest BCUT2D eigenvalue weighted by molar-refractivity contribution is 1.30. The molecule has 5 rings (SSSR count). The van der Waals surface area contributed by atoms with Crippen LogP contribution in [-0.4, -0.2) is 41.1 Å². The molecule has 0 unspecified atom stereocenters. The van der Waals surface area contributed by atoms with Gasteiger partial charge in [-0.05, 0) is 110 Å². The van der Waals surface area contributed by atoms with E-state index < -0.39 is 16.1 Å². The Labute approximate surface area is 355 Å². The van der Waals surface area contributed by atoms with Gasteiger partial charge in [-0.1, -0.05) is 73.4 Å². The maximum absolute atomic E-state index is 5.70. The van der Waals surface area contributed by atoms with E-state index in [9.17, 15) is 0 Å². The molecule has 0 saturated heterocycles. The highest BCUT2D eigenvalue weighted by Gasteiger charge is 2.08. The first-order chi connectivity index (χ1) is 22.7. The highest BCUT2D eigenvalue weighted by Crippen LogP contribution is 2.20. The topological polar surface area (TPSA) is 145 Å². The molecule has 0 bridgehead atoms. The molecule has 0 aromatic carbocycles. The number of anilines is 3. The Morgan fingerprint density at radius 3 is 1.46 bits per heavy atom. The fraction of sp³-hybridized carbons (Fsp3) is 0.243. The van der Waals surface area contributed by atoms with Gasteiger partial charge in [0.2, 0.25) is 0 Å². The average molecular weight is 1060 g/mol. The highest BCUT2D eigenvalue weighted by atomic mass is 79.9. The van der Waals surface area contributed by atoms with Crippen molar-refractivity contribution in [2.45, 2.75) is 61.6 Å². The summed E-state index contributed by atoms with van der Waals surface area (Å²) in [4.78, 5) is 18.9. The Bertz CT molecular complexity index is 1980. The molecule has 0 amide bonds. The molecular weight excluding hydrogens is 1010 g/mol. The van der Waals surface area contributed by atoms with Crippen LogP contribution in [0.15, 0.2) is 83.7 Å². The Kier molecular flexibility index (Phi) is 26.6. The summed E-state index contributed by atoms with van der Waals surface area (Å²) in [7, 11) is -2.44. The van der Waals surface area contributed by atoms with Gasteiger partial charge in [-0.2, -0.15) is 0 Å². The minimum Gasteiger partial charge on any atom is -0.383 e. The fourth-order valence-corrected chi connectivity index (χ4v) is 5.22. The molecule has 5 aromatic heterocycles. The Morgan fingerprint density at radius 1 is 0.615 bits per heavy atom. The number of fused-ring (bicyclic) bond motifs is 1. The zero-order chi connectivity index (χ0) is 37.4. The van der Waals surface area contributed by atoms with Crippen LogP contribution in [0.5, 0.6) is 0 Å². The maximum Gasteiger partial charge on any atom is 0.139 e. The van der Waals surface area contributed by atoms with Gasteiger partial charge in [0.25, 0.3) is 0 Å². The molecule has 0 aliphatic rings. The molecular formula is C37H49Br5N8Si2. The lowest BCUT2D eigenvalue weighted by Gasteiger charge is -2.04. The van der Waals surface area contributed by atoms with Crippen molar-refractivity contribution >= 4 is 124 Å². The number of halogens is 5. The zero-order valence-electron chi connectivity index (χ0n) is 27.8. The van der Waals surface area contributed by atoms with Crippen LogP contribution in [-0.2, 0) is 0 Å². The van der Waals surface area contributed by atoms with Crippen LogP contribution in [0.4, 0.5) is 17.5 Å². The predicted octanol–water partition coefficient (Wildman–Crippen LogP) is 12.0. The first-order valence-corrected chi connectivity index (χ1v) is 25.2. The number of nitrogens with two attached hydrogens (primary N) is 3. The van der Waals surface area contributed by atoms with Gasteiger partial charge in [-0.3, -0.25) is 0 Å². The number of terminal acetylenes is 2. The summed E-state index contributed by atoms with van der Waals surface area (Å²) < 4.78 is 4.50. The number of rotatable bonds is 0. The Morgan fingerprint density at radius 2 is 1.04 bits per heavy atom. The first kappa shape index (κ1) is 53.4. The van der Waals surface area contributed by atoms with Gasteiger partial charge in [0.05, 0.1) is 15.6 Å². The van der Waals surface area contributed by atoms with E-state index in [0.717, 1.165) is 39.0 Å². The second-order valence-electron chi connectivity index (χ2n) is 11.8. The van der Waals surface area contributed by atoms with Gasteiger partial charge in [-0.15, -0.1) is 23.9 Å². The van der Waals surface area contributed by atoms with E-state index in [1.807, 2.05) is 30.5 Å². The Balaban J connectivity index is -0.000000581. The molecule has 7 N–H and O–H groups in total. The van der Waals surface area contributed by atoms with E-state index in [-0.39, 0.29) is 22.3 Å². The molecule has 8 nitrogen and oxygen atoms in total. The molecule has 0 atom stereocenters. The molecule has 5 heterocycles. The van der Waals surface area contributed by atoms with Crippen molar-refractivity contribution in [3.63, 3.8) is 0 Å². The quantitative estimate of drug-likeness (QED) is 0.0892. The van der Waals surface area contributed by atoms with Gasteiger partial charge in [-0.25, -0.2) is 19.9 Å². The van der Waals surface area contributed by atoms with Crippen molar-refractivity contribution in [3.8, 4) is 35.8 Å². The van der Waals surface area contributed by atoms with Gasteiger partial charge >= 0.3 is 0 Å². The van der Waals surface area contributed by atoms with Crippen LogP contribution < -0.4 is 17.2 Å². The lowest BCUT2D eigenvalue weighted by atomic mass is 10.3. The van der Waals surface area contributed by atoms with E-state index in [4.69, 9.17) is 30.0 Å². The van der Waals surface area contributed by atoms with E-state index in [1.165, 1.54) is 0 Å². The number of nitrogen functional groups attached to an aromatic ring is 3. The standard InChI is InChI=1S/C10H13BrN2Si.2C7H5BrN2.C5H4Br2N2.C5H10Si.3CH4/c1-14(2,3)5-4-8-6-9(11)7-13-10(8)12;8-6-3-5-1-2-9-7(5)10-4-6;1-2-5-3-6(8)4-10-7(5)9;6-3-1-4(7)5(8)9-2-3;1-5-6(2,3)4;;;/h6-7H,1-3H3,(H2,12,13);1-4H,(H,9,10);1,3-4H,(H2,9,10);1-2H,(H2,8,9);1H,2-4H3;3*1H4. The smallest absolute Gasteiger partial charge is 0.139 e. The minimum atomic E-state index is -1.34. The third-order valence-corrected chi connectivity index (χ3v) is 9.24. The van der Waals surface area contributed by atoms with Crippen molar-refractivity contribution in [2.24, 2.45) is 0 Å². The van der Waals surface area contributed by atoms with Crippen molar-refractivity contribution in [1.82, 2.24) is 24.9 Å². The van der Waals surface area contributed by atoms with Gasteiger partial charge in [0.1, 0.15) is 39.2 Å². The average Bonchev–Trinajstić information content (AvgIpc) is 3.49. The van der Waals surface area contributed by atoms with Gasteiger partial charge in [0.15, 0.2) is 0 Å². The number of pyridine rings is 4. The summed E-state index contributed by atoms with van der Waals surface area (Å²) in [6, 6.07) is 9.52. The van der Waals surface area contributed by atoms with E-state index in [0.29, 0.717) is 23.0 Å².